The van der Waals surface area contributed by atoms with Crippen molar-refractivity contribution in [3.63, 3.8) is 0 Å². The summed E-state index contributed by atoms with van der Waals surface area (Å²) in [6.45, 7) is 4.83. The number of aromatic nitrogens is 2. The van der Waals surface area contributed by atoms with Crippen molar-refractivity contribution in [1.29, 1.82) is 0 Å². The Hall–Kier alpha value is -3.05. The first kappa shape index (κ1) is 24.1. The highest BCUT2D eigenvalue weighted by Gasteiger charge is 2.32. The molecule has 3 aromatic rings. The molecule has 7 nitrogen and oxygen atoms in total. The molecule has 0 aliphatic carbocycles. The summed E-state index contributed by atoms with van der Waals surface area (Å²) in [5, 5.41) is 10.8. The molecule has 34 heavy (non-hydrogen) atoms. The van der Waals surface area contributed by atoms with Gasteiger partial charge in [-0.1, -0.05) is 29.5 Å². The molecule has 11 heteroatoms. The van der Waals surface area contributed by atoms with Crippen LogP contribution in [0, 0.1) is 6.92 Å². The molecule has 1 fully saturated rings. The monoisotopic (exact) mass is 491 g/mol. The number of anilines is 2. The number of aryl methyl sites for hydroxylation is 1. The van der Waals surface area contributed by atoms with Crippen LogP contribution < -0.4 is 10.2 Å². The zero-order valence-corrected chi connectivity index (χ0v) is 19.5. The molecule has 0 spiro atoms. The number of hydrogen-bond donors (Lipinski definition) is 1. The summed E-state index contributed by atoms with van der Waals surface area (Å²) in [5.41, 5.74) is 1.70. The molecule has 180 valence electrons. The lowest BCUT2D eigenvalue weighted by molar-refractivity contribution is -0.137. The maximum absolute atomic E-state index is 13.3. The average Bonchev–Trinajstić information content (AvgIpc) is 3.27. The van der Waals surface area contributed by atoms with Crippen LogP contribution in [0.2, 0.25) is 0 Å². The van der Waals surface area contributed by atoms with Gasteiger partial charge in [0.25, 0.3) is 5.22 Å². The molecule has 0 saturated carbocycles. The molecule has 0 unspecified atom stereocenters. The van der Waals surface area contributed by atoms with Gasteiger partial charge in [0, 0.05) is 31.7 Å². The van der Waals surface area contributed by atoms with E-state index in [-0.39, 0.29) is 16.7 Å². The number of rotatable bonds is 6. The quantitative estimate of drug-likeness (QED) is 0.507. The summed E-state index contributed by atoms with van der Waals surface area (Å²) < 4.78 is 45.5. The topological polar surface area (TPSA) is 74.5 Å². The molecule has 0 atom stereocenters. The first-order valence-corrected chi connectivity index (χ1v) is 11.7. The van der Waals surface area contributed by atoms with Gasteiger partial charge in [0.1, 0.15) is 0 Å². The Labute approximate surface area is 199 Å². The zero-order chi connectivity index (χ0) is 24.3. The first-order valence-electron chi connectivity index (χ1n) is 10.7. The van der Waals surface area contributed by atoms with Gasteiger partial charge in [-0.15, -0.1) is 10.2 Å². The summed E-state index contributed by atoms with van der Waals surface area (Å²) >= 11 is 1.02. The minimum atomic E-state index is -4.51. The number of halogens is 3. The summed E-state index contributed by atoms with van der Waals surface area (Å²) in [6.07, 6.45) is -4.51. The lowest BCUT2D eigenvalue weighted by Crippen LogP contribution is -2.44. The number of hydrogen-bond acceptors (Lipinski definition) is 7. The van der Waals surface area contributed by atoms with Gasteiger partial charge in [-0.2, -0.15) is 13.2 Å². The molecule has 1 saturated heterocycles. The third-order valence-electron chi connectivity index (χ3n) is 5.44. The highest BCUT2D eigenvalue weighted by Crippen LogP contribution is 2.36. The number of carbonyl (C=O) groups is 1. The van der Waals surface area contributed by atoms with Crippen LogP contribution in [0.3, 0.4) is 0 Å². The SMILES string of the molecule is Cc1cccc(-c2nnc(SCC(=O)Nc3cc(C(F)(F)F)ccc3N3CCN(C)CC3)o2)c1. The second-order valence-corrected chi connectivity index (χ2v) is 9.03. The second-order valence-electron chi connectivity index (χ2n) is 8.10. The number of nitrogens with zero attached hydrogens (tertiary/aromatic N) is 4. The van der Waals surface area contributed by atoms with Crippen molar-refractivity contribution >= 4 is 29.0 Å². The van der Waals surface area contributed by atoms with Crippen LogP contribution in [-0.2, 0) is 11.0 Å². The Morgan fingerprint density at radius 3 is 2.59 bits per heavy atom. The minimum absolute atomic E-state index is 0.0894. The van der Waals surface area contributed by atoms with E-state index in [1.807, 2.05) is 43.1 Å². The summed E-state index contributed by atoms with van der Waals surface area (Å²) in [5.74, 6) is -0.217. The third-order valence-corrected chi connectivity index (χ3v) is 6.26. The van der Waals surface area contributed by atoms with Crippen molar-refractivity contribution in [2.45, 2.75) is 18.3 Å². The van der Waals surface area contributed by atoms with Gasteiger partial charge >= 0.3 is 6.18 Å². The molecule has 0 radical (unpaired) electrons. The van der Waals surface area contributed by atoms with Gasteiger partial charge in [0.2, 0.25) is 11.8 Å². The van der Waals surface area contributed by atoms with Crippen molar-refractivity contribution in [2.24, 2.45) is 0 Å². The molecule has 2 aromatic carbocycles. The molecule has 2 heterocycles. The Balaban J connectivity index is 1.45. The van der Waals surface area contributed by atoms with Crippen LogP contribution in [0.15, 0.2) is 52.1 Å². The molecule has 1 amide bonds. The number of amides is 1. The number of alkyl halides is 3. The number of benzene rings is 2. The van der Waals surface area contributed by atoms with Crippen LogP contribution in [0.5, 0.6) is 0 Å². The van der Waals surface area contributed by atoms with Gasteiger partial charge in [-0.25, -0.2) is 0 Å². The van der Waals surface area contributed by atoms with Crippen LogP contribution in [-0.4, -0.2) is 60.0 Å². The van der Waals surface area contributed by atoms with Crippen LogP contribution in [0.1, 0.15) is 11.1 Å². The second kappa shape index (κ2) is 10.1. The molecule has 1 aromatic heterocycles. The third kappa shape index (κ3) is 5.89. The van der Waals surface area contributed by atoms with E-state index >= 15 is 0 Å². The van der Waals surface area contributed by atoms with Gasteiger partial charge in [0.15, 0.2) is 0 Å². The molecule has 4 rings (SSSR count). The van der Waals surface area contributed by atoms with E-state index in [2.05, 4.69) is 20.4 Å². The van der Waals surface area contributed by atoms with E-state index in [0.717, 1.165) is 48.1 Å². The van der Waals surface area contributed by atoms with E-state index in [1.54, 1.807) is 0 Å². The Morgan fingerprint density at radius 2 is 1.88 bits per heavy atom. The van der Waals surface area contributed by atoms with E-state index in [9.17, 15) is 18.0 Å². The van der Waals surface area contributed by atoms with Crippen LogP contribution >= 0.6 is 11.8 Å². The highest BCUT2D eigenvalue weighted by atomic mass is 32.2. The number of piperazine rings is 1. The summed E-state index contributed by atoms with van der Waals surface area (Å²) in [6, 6.07) is 11.0. The number of carbonyl (C=O) groups excluding carboxylic acids is 1. The summed E-state index contributed by atoms with van der Waals surface area (Å²) in [4.78, 5) is 16.8. The molecule has 1 aliphatic rings. The van der Waals surface area contributed by atoms with Crippen molar-refractivity contribution in [3.8, 4) is 11.5 Å². The number of thioether (sulfide) groups is 1. The maximum atomic E-state index is 13.3. The predicted octanol–water partition coefficient (Wildman–Crippen LogP) is 4.55. The standard InChI is InChI=1S/C23H24F3N5O2S/c1-15-4-3-5-16(12-15)21-28-29-22(33-21)34-14-20(32)27-18-13-17(23(24,25)26)6-7-19(18)31-10-8-30(2)9-11-31/h3-7,12-13H,8-11,14H2,1-2H3,(H,27,32). The number of likely N-dealkylation sites (N-methyl/N-ethyl adjacent to an activating group) is 1. The van der Waals surface area contributed by atoms with Gasteiger partial charge < -0.3 is 19.5 Å². The largest absolute Gasteiger partial charge is 0.416 e. The Morgan fingerprint density at radius 1 is 1.12 bits per heavy atom. The molecular weight excluding hydrogens is 467 g/mol. The molecular formula is C23H24F3N5O2S. The maximum Gasteiger partial charge on any atom is 0.416 e. The Bertz CT molecular complexity index is 1160. The van der Waals surface area contributed by atoms with Gasteiger partial charge in [-0.3, -0.25) is 4.79 Å². The average molecular weight is 492 g/mol. The van der Waals surface area contributed by atoms with Crippen molar-refractivity contribution < 1.29 is 22.4 Å². The van der Waals surface area contributed by atoms with E-state index in [4.69, 9.17) is 4.42 Å². The lowest BCUT2D eigenvalue weighted by atomic mass is 10.1. The molecule has 0 bridgehead atoms. The van der Waals surface area contributed by atoms with Gasteiger partial charge in [0.05, 0.1) is 22.7 Å². The number of nitrogens with one attached hydrogen (secondary N) is 1. The fraction of sp³-hybridized carbons (Fsp3) is 0.348. The highest BCUT2D eigenvalue weighted by molar-refractivity contribution is 7.99. The zero-order valence-electron chi connectivity index (χ0n) is 18.7. The first-order chi connectivity index (χ1) is 16.2. The fourth-order valence-corrected chi connectivity index (χ4v) is 4.18. The van der Waals surface area contributed by atoms with E-state index < -0.39 is 17.6 Å². The normalized spacial score (nSPS) is 14.9. The van der Waals surface area contributed by atoms with Crippen molar-refractivity contribution in [1.82, 2.24) is 15.1 Å². The predicted molar refractivity (Wildman–Crippen MR) is 125 cm³/mol. The van der Waals surface area contributed by atoms with E-state index in [1.165, 1.54) is 6.07 Å². The Kier molecular flexibility index (Phi) is 7.13. The smallest absolute Gasteiger partial charge is 0.411 e. The van der Waals surface area contributed by atoms with Crippen LogP contribution in [0.25, 0.3) is 11.5 Å². The van der Waals surface area contributed by atoms with E-state index in [0.29, 0.717) is 24.7 Å². The minimum Gasteiger partial charge on any atom is -0.411 e. The molecule has 1 N–H and O–H groups in total. The fourth-order valence-electron chi connectivity index (χ4n) is 3.61. The molecule has 1 aliphatic heterocycles. The van der Waals surface area contributed by atoms with Crippen LogP contribution in [0.4, 0.5) is 24.5 Å². The summed E-state index contributed by atoms with van der Waals surface area (Å²) in [7, 11) is 1.99. The van der Waals surface area contributed by atoms with Crippen molar-refractivity contribution in [2.75, 3.05) is 49.2 Å². The lowest BCUT2D eigenvalue weighted by Gasteiger charge is -2.35. The van der Waals surface area contributed by atoms with Crippen molar-refractivity contribution in [3.05, 3.63) is 53.6 Å². The van der Waals surface area contributed by atoms with Gasteiger partial charge in [-0.05, 0) is 44.3 Å².